The Morgan fingerprint density at radius 3 is 2.50 bits per heavy atom. The Kier molecular flexibility index (Phi) is 4.37. The minimum absolute atomic E-state index is 0.0761. The highest BCUT2D eigenvalue weighted by atomic mass is 32.2. The molecule has 1 aliphatic heterocycles. The molecule has 16 heavy (non-hydrogen) atoms. The van der Waals surface area contributed by atoms with Gasteiger partial charge in [-0.25, -0.2) is 8.42 Å². The highest BCUT2D eigenvalue weighted by Crippen LogP contribution is 2.20. The highest BCUT2D eigenvalue weighted by Gasteiger charge is 2.27. The molecule has 1 aliphatic rings. The minimum Gasteiger partial charge on any atom is -0.312 e. The number of sulfonamides is 1. The van der Waals surface area contributed by atoms with Gasteiger partial charge < -0.3 is 5.32 Å². The molecule has 0 spiro atoms. The molecule has 5 heteroatoms. The number of nitrogens with zero attached hydrogens (tertiary/aromatic N) is 1. The molecule has 0 aromatic rings. The molecule has 0 saturated carbocycles. The molecular weight excluding hydrogens is 224 g/mol. The Bertz CT molecular complexity index is 319. The largest absolute Gasteiger partial charge is 0.312 e. The Balaban J connectivity index is 2.56. The molecule has 0 amide bonds. The molecule has 1 saturated heterocycles. The second-order valence-corrected chi connectivity index (χ2v) is 7.93. The van der Waals surface area contributed by atoms with Gasteiger partial charge in [-0.2, -0.15) is 4.31 Å². The summed E-state index contributed by atoms with van der Waals surface area (Å²) in [4.78, 5) is 0. The fourth-order valence-corrected chi connectivity index (χ4v) is 3.66. The zero-order valence-electron chi connectivity index (χ0n) is 10.8. The number of piperazine rings is 1. The summed E-state index contributed by atoms with van der Waals surface area (Å²) in [5.74, 6) is 0.267. The lowest BCUT2D eigenvalue weighted by molar-refractivity contribution is 0.306. The zero-order valence-corrected chi connectivity index (χ0v) is 11.6. The monoisotopic (exact) mass is 248 g/mol. The van der Waals surface area contributed by atoms with Crippen molar-refractivity contribution in [2.45, 2.75) is 40.2 Å². The van der Waals surface area contributed by atoms with Crippen LogP contribution in [0.15, 0.2) is 0 Å². The third kappa shape index (κ3) is 4.39. The van der Waals surface area contributed by atoms with Gasteiger partial charge in [0.2, 0.25) is 10.0 Å². The van der Waals surface area contributed by atoms with E-state index in [1.54, 1.807) is 4.31 Å². The van der Waals surface area contributed by atoms with E-state index < -0.39 is 10.0 Å². The average molecular weight is 248 g/mol. The summed E-state index contributed by atoms with van der Waals surface area (Å²) in [5, 5.41) is 3.25. The van der Waals surface area contributed by atoms with Gasteiger partial charge in [-0.3, -0.25) is 0 Å². The van der Waals surface area contributed by atoms with Crippen molar-refractivity contribution >= 4 is 10.0 Å². The summed E-state index contributed by atoms with van der Waals surface area (Å²) < 4.78 is 25.8. The first-order valence-corrected chi connectivity index (χ1v) is 7.53. The molecule has 1 heterocycles. The highest BCUT2D eigenvalue weighted by molar-refractivity contribution is 7.89. The molecule has 1 atom stereocenters. The third-order valence-electron chi connectivity index (χ3n) is 2.83. The van der Waals surface area contributed by atoms with Crippen molar-refractivity contribution < 1.29 is 8.42 Å². The number of hydrogen-bond acceptors (Lipinski definition) is 3. The van der Waals surface area contributed by atoms with Gasteiger partial charge in [0.1, 0.15) is 0 Å². The van der Waals surface area contributed by atoms with E-state index >= 15 is 0 Å². The quantitative estimate of drug-likeness (QED) is 0.812. The number of rotatable bonds is 3. The topological polar surface area (TPSA) is 49.4 Å². The van der Waals surface area contributed by atoms with Gasteiger partial charge >= 0.3 is 0 Å². The molecule has 1 N–H and O–H groups in total. The second-order valence-electron chi connectivity index (χ2n) is 5.84. The van der Waals surface area contributed by atoms with Crippen LogP contribution in [0.3, 0.4) is 0 Å². The molecule has 0 aromatic carbocycles. The fraction of sp³-hybridized carbons (Fsp3) is 1.00. The number of hydrogen-bond donors (Lipinski definition) is 1. The van der Waals surface area contributed by atoms with E-state index in [1.807, 2.05) is 6.92 Å². The third-order valence-corrected chi connectivity index (χ3v) is 4.67. The van der Waals surface area contributed by atoms with Crippen LogP contribution in [0, 0.1) is 5.41 Å². The molecule has 96 valence electrons. The molecule has 1 unspecified atom stereocenters. The summed E-state index contributed by atoms with van der Waals surface area (Å²) in [7, 11) is -3.06. The van der Waals surface area contributed by atoms with Crippen LogP contribution >= 0.6 is 0 Å². The SMILES string of the molecule is CC1CN(S(=O)(=O)CCC(C)(C)C)CCN1. The molecular formula is C11H24N2O2S. The van der Waals surface area contributed by atoms with Gasteiger partial charge in [0.25, 0.3) is 0 Å². The first-order valence-electron chi connectivity index (χ1n) is 5.92. The van der Waals surface area contributed by atoms with E-state index in [1.165, 1.54) is 0 Å². The standard InChI is InChI=1S/C11H24N2O2S/c1-10-9-13(7-6-12-10)16(14,15)8-5-11(2,3)4/h10,12H,5-9H2,1-4H3. The van der Waals surface area contributed by atoms with Gasteiger partial charge in [0.15, 0.2) is 0 Å². The normalized spacial score (nSPS) is 24.6. The summed E-state index contributed by atoms with van der Waals surface area (Å²) >= 11 is 0. The molecule has 1 fully saturated rings. The smallest absolute Gasteiger partial charge is 0.214 e. The summed E-state index contributed by atoms with van der Waals surface area (Å²) in [5.41, 5.74) is 0.0761. The molecule has 0 aliphatic carbocycles. The van der Waals surface area contributed by atoms with E-state index in [-0.39, 0.29) is 17.2 Å². The van der Waals surface area contributed by atoms with Gasteiger partial charge in [-0.15, -0.1) is 0 Å². The van der Waals surface area contributed by atoms with Crippen LogP contribution in [-0.4, -0.2) is 44.2 Å². The van der Waals surface area contributed by atoms with Crippen LogP contribution in [0.2, 0.25) is 0 Å². The van der Waals surface area contributed by atoms with Crippen molar-refractivity contribution in [3.63, 3.8) is 0 Å². The maximum Gasteiger partial charge on any atom is 0.214 e. The predicted molar refractivity (Wildman–Crippen MR) is 66.9 cm³/mol. The van der Waals surface area contributed by atoms with E-state index in [4.69, 9.17) is 0 Å². The van der Waals surface area contributed by atoms with Crippen LogP contribution in [0.25, 0.3) is 0 Å². The Morgan fingerprint density at radius 2 is 2.00 bits per heavy atom. The van der Waals surface area contributed by atoms with E-state index in [0.29, 0.717) is 19.5 Å². The number of nitrogens with one attached hydrogen (secondary N) is 1. The summed E-state index contributed by atoms with van der Waals surface area (Å²) in [6, 6.07) is 0.262. The summed E-state index contributed by atoms with van der Waals surface area (Å²) in [6.45, 7) is 10.2. The van der Waals surface area contributed by atoms with Gasteiger partial charge in [-0.1, -0.05) is 20.8 Å². The molecule has 0 radical (unpaired) electrons. The maximum absolute atomic E-state index is 12.1. The Labute approximate surface area is 99.5 Å². The van der Waals surface area contributed by atoms with Gasteiger partial charge in [0, 0.05) is 25.7 Å². The van der Waals surface area contributed by atoms with Crippen LogP contribution in [0.4, 0.5) is 0 Å². The average Bonchev–Trinajstić information content (AvgIpc) is 2.14. The van der Waals surface area contributed by atoms with Crippen molar-refractivity contribution in [1.29, 1.82) is 0 Å². The van der Waals surface area contributed by atoms with E-state index in [0.717, 1.165) is 6.54 Å². The van der Waals surface area contributed by atoms with Crippen LogP contribution < -0.4 is 5.32 Å². The fourth-order valence-electron chi connectivity index (χ4n) is 1.71. The van der Waals surface area contributed by atoms with Crippen molar-refractivity contribution in [2.75, 3.05) is 25.4 Å². The van der Waals surface area contributed by atoms with Gasteiger partial charge in [0.05, 0.1) is 5.75 Å². The zero-order chi connectivity index (χ0) is 12.4. The van der Waals surface area contributed by atoms with Crippen LogP contribution in [0.5, 0.6) is 0 Å². The van der Waals surface area contributed by atoms with Crippen LogP contribution in [0.1, 0.15) is 34.1 Å². The van der Waals surface area contributed by atoms with Crippen LogP contribution in [-0.2, 0) is 10.0 Å². The molecule has 0 bridgehead atoms. The lowest BCUT2D eigenvalue weighted by atomic mass is 9.94. The Hall–Kier alpha value is -0.130. The Morgan fingerprint density at radius 1 is 1.38 bits per heavy atom. The minimum atomic E-state index is -3.06. The van der Waals surface area contributed by atoms with E-state index in [9.17, 15) is 8.42 Å². The van der Waals surface area contributed by atoms with Crippen molar-refractivity contribution in [1.82, 2.24) is 9.62 Å². The summed E-state index contributed by atoms with van der Waals surface area (Å²) in [6.07, 6.45) is 0.716. The van der Waals surface area contributed by atoms with Crippen molar-refractivity contribution in [3.8, 4) is 0 Å². The molecule has 0 aromatic heterocycles. The maximum atomic E-state index is 12.1. The van der Waals surface area contributed by atoms with Gasteiger partial charge in [-0.05, 0) is 18.8 Å². The first-order chi connectivity index (χ1) is 7.21. The molecule has 4 nitrogen and oxygen atoms in total. The van der Waals surface area contributed by atoms with E-state index in [2.05, 4.69) is 26.1 Å². The lowest BCUT2D eigenvalue weighted by Gasteiger charge is -2.31. The van der Waals surface area contributed by atoms with Crippen molar-refractivity contribution in [2.24, 2.45) is 5.41 Å². The van der Waals surface area contributed by atoms with Crippen molar-refractivity contribution in [3.05, 3.63) is 0 Å². The predicted octanol–water partition coefficient (Wildman–Crippen LogP) is 1.05. The lowest BCUT2D eigenvalue weighted by Crippen LogP contribution is -2.51. The molecule has 1 rings (SSSR count). The first kappa shape index (κ1) is 13.9. The second kappa shape index (κ2) is 5.02.